The van der Waals surface area contributed by atoms with Crippen LogP contribution in [0.3, 0.4) is 0 Å². The van der Waals surface area contributed by atoms with Crippen LogP contribution >= 0.6 is 7.75 Å². The highest BCUT2D eigenvalue weighted by Crippen LogP contribution is 2.49. The van der Waals surface area contributed by atoms with Crippen molar-refractivity contribution in [2.75, 3.05) is 6.61 Å². The molecule has 1 unspecified atom stereocenters. The number of aliphatic hydroxyl groups is 1. The third-order valence-electron chi connectivity index (χ3n) is 6.41. The van der Waals surface area contributed by atoms with E-state index in [1.165, 1.54) is 26.0 Å². The number of aromatic amines is 1. The molecule has 0 amide bonds. The Labute approximate surface area is 239 Å². The minimum absolute atomic E-state index is 0.0280. The molecule has 6 atom stereocenters. The summed E-state index contributed by atoms with van der Waals surface area (Å²) in [5.41, 5.74) is 6.39. The summed E-state index contributed by atoms with van der Waals surface area (Å²) in [6.45, 7) is 2.06. The van der Waals surface area contributed by atoms with Gasteiger partial charge in [-0.25, -0.2) is 9.36 Å². The van der Waals surface area contributed by atoms with Crippen molar-refractivity contribution in [1.82, 2.24) is 14.6 Å². The Morgan fingerprint density at radius 1 is 1.21 bits per heavy atom. The summed E-state index contributed by atoms with van der Waals surface area (Å²) in [6, 6.07) is 16.8. The average Bonchev–Trinajstić information content (AvgIpc) is 3.21. The van der Waals surface area contributed by atoms with Gasteiger partial charge in [0.05, 0.1) is 12.7 Å². The molecule has 2 heterocycles. The zero-order valence-electron chi connectivity index (χ0n) is 22.6. The first-order chi connectivity index (χ1) is 20.1. The van der Waals surface area contributed by atoms with Crippen molar-refractivity contribution >= 4 is 13.7 Å². The van der Waals surface area contributed by atoms with Gasteiger partial charge in [0.2, 0.25) is 0 Å². The van der Waals surface area contributed by atoms with Crippen LogP contribution in [0.2, 0.25) is 0 Å². The Kier molecular flexibility index (Phi) is 9.63. The summed E-state index contributed by atoms with van der Waals surface area (Å²) in [4.78, 5) is 41.5. The number of benzene rings is 2. The van der Waals surface area contributed by atoms with Gasteiger partial charge < -0.3 is 19.1 Å². The van der Waals surface area contributed by atoms with E-state index in [1.54, 1.807) is 42.5 Å². The number of hydrogen-bond donors (Lipinski definition) is 3. The first-order valence-corrected chi connectivity index (χ1v) is 14.3. The summed E-state index contributed by atoms with van der Waals surface area (Å²) in [6.07, 6.45) is -1.60. The lowest BCUT2D eigenvalue weighted by molar-refractivity contribution is -0.146. The molecule has 3 aromatic rings. The van der Waals surface area contributed by atoms with Crippen molar-refractivity contribution in [1.29, 1.82) is 0 Å². The molecule has 0 bridgehead atoms. The van der Waals surface area contributed by atoms with E-state index < -0.39 is 61.6 Å². The quantitative estimate of drug-likeness (QED) is 0.0910. The van der Waals surface area contributed by atoms with E-state index in [0.717, 1.165) is 22.4 Å². The zero-order valence-corrected chi connectivity index (χ0v) is 23.5. The Morgan fingerprint density at radius 3 is 2.52 bits per heavy atom. The van der Waals surface area contributed by atoms with E-state index in [4.69, 9.17) is 18.5 Å². The Morgan fingerprint density at radius 2 is 1.88 bits per heavy atom. The summed E-state index contributed by atoms with van der Waals surface area (Å²) >= 11 is 0. The van der Waals surface area contributed by atoms with Crippen molar-refractivity contribution < 1.29 is 33.0 Å². The second-order valence-corrected chi connectivity index (χ2v) is 11.2. The molecule has 42 heavy (non-hydrogen) atoms. The van der Waals surface area contributed by atoms with Crippen molar-refractivity contribution in [2.24, 2.45) is 11.0 Å². The van der Waals surface area contributed by atoms with E-state index in [2.05, 4.69) is 20.1 Å². The van der Waals surface area contributed by atoms with Crippen molar-refractivity contribution in [3.63, 3.8) is 0 Å². The fourth-order valence-corrected chi connectivity index (χ4v) is 5.74. The fourth-order valence-electron chi connectivity index (χ4n) is 4.23. The van der Waals surface area contributed by atoms with Gasteiger partial charge in [-0.3, -0.25) is 23.7 Å². The van der Waals surface area contributed by atoms with Crippen LogP contribution in [-0.2, 0) is 30.0 Å². The summed E-state index contributed by atoms with van der Waals surface area (Å²) < 4.78 is 37.4. The zero-order chi connectivity index (χ0) is 30.3. The first-order valence-electron chi connectivity index (χ1n) is 12.8. The number of rotatable bonds is 12. The lowest BCUT2D eigenvalue weighted by atomic mass is 9.98. The van der Waals surface area contributed by atoms with E-state index in [9.17, 15) is 29.6 Å². The Balaban J connectivity index is 1.56. The average molecular weight is 601 g/mol. The molecule has 1 aromatic heterocycles. The van der Waals surface area contributed by atoms with E-state index in [1.807, 2.05) is 6.07 Å². The highest BCUT2D eigenvalue weighted by Gasteiger charge is 2.55. The second-order valence-electron chi connectivity index (χ2n) is 9.48. The van der Waals surface area contributed by atoms with Gasteiger partial charge in [0.25, 0.3) is 5.56 Å². The van der Waals surface area contributed by atoms with Crippen LogP contribution in [0.15, 0.2) is 87.6 Å². The third-order valence-corrected chi connectivity index (χ3v) is 8.04. The predicted molar refractivity (Wildman–Crippen MR) is 148 cm³/mol. The number of hydrogen-bond acceptors (Lipinski definition) is 10. The highest BCUT2D eigenvalue weighted by atomic mass is 31.2. The van der Waals surface area contributed by atoms with Gasteiger partial charge in [-0.2, -0.15) is 5.09 Å². The number of azide groups is 1. The minimum Gasteiger partial charge on any atom is -0.460 e. The Bertz CT molecular complexity index is 1590. The minimum atomic E-state index is -4.46. The van der Waals surface area contributed by atoms with Gasteiger partial charge in [-0.15, -0.1) is 0 Å². The number of para-hydroxylation sites is 1. The summed E-state index contributed by atoms with van der Waals surface area (Å²) in [5, 5.41) is 17.2. The number of aliphatic hydroxyl groups excluding tert-OH is 1. The van der Waals surface area contributed by atoms with Crippen LogP contribution < -0.4 is 20.9 Å². The van der Waals surface area contributed by atoms with E-state index in [-0.39, 0.29) is 12.4 Å². The number of ether oxygens (including phenoxy) is 2. The van der Waals surface area contributed by atoms with Gasteiger partial charge >= 0.3 is 19.4 Å². The maximum atomic E-state index is 14.0. The Hall–Kier alpha value is -4.23. The lowest BCUT2D eigenvalue weighted by Gasteiger charge is -2.30. The van der Waals surface area contributed by atoms with Gasteiger partial charge in [0.15, 0.2) is 5.72 Å². The third kappa shape index (κ3) is 7.15. The highest BCUT2D eigenvalue weighted by molar-refractivity contribution is 7.52. The summed E-state index contributed by atoms with van der Waals surface area (Å²) in [7, 11) is -4.46. The van der Waals surface area contributed by atoms with Crippen LogP contribution in [0, 0.1) is 5.92 Å². The number of H-pyrrole nitrogens is 1. The van der Waals surface area contributed by atoms with Crippen LogP contribution in [0.4, 0.5) is 0 Å². The SMILES string of the molecule is C[C@@H]1[C@@H](O)[C@@](COP(=O)(N[C@H](C)C(=O)OCc2ccccc2)Oc2ccccc2)(N=[N+]=[N-])O[C@@H]1n1ccc(=O)[nH]c1=O. The molecule has 0 saturated carbocycles. The number of aromatic nitrogens is 2. The maximum absolute atomic E-state index is 14.0. The molecule has 3 N–H and O–H groups in total. The molecule has 4 rings (SSSR count). The molecule has 0 spiro atoms. The second kappa shape index (κ2) is 13.2. The number of nitrogens with one attached hydrogen (secondary N) is 2. The number of nitrogens with zero attached hydrogens (tertiary/aromatic N) is 4. The summed E-state index contributed by atoms with van der Waals surface area (Å²) in [5.74, 6) is -1.50. The van der Waals surface area contributed by atoms with Gasteiger partial charge in [0, 0.05) is 23.1 Å². The normalized spacial score (nSPS) is 23.7. The molecule has 16 heteroatoms. The molecule has 1 saturated heterocycles. The molecule has 2 aromatic carbocycles. The number of carbonyl (C=O) groups excluding carboxylic acids is 1. The topological polar surface area (TPSA) is 207 Å². The van der Waals surface area contributed by atoms with Gasteiger partial charge in [-0.1, -0.05) is 60.6 Å². The van der Waals surface area contributed by atoms with E-state index in [0.29, 0.717) is 0 Å². The van der Waals surface area contributed by atoms with Crippen molar-refractivity contribution in [3.05, 3.63) is 110 Å². The van der Waals surface area contributed by atoms with Gasteiger partial charge in [0.1, 0.15) is 24.6 Å². The van der Waals surface area contributed by atoms with Crippen molar-refractivity contribution in [2.45, 2.75) is 44.6 Å². The number of carbonyl (C=O) groups is 1. The first kappa shape index (κ1) is 30.7. The van der Waals surface area contributed by atoms with Crippen molar-refractivity contribution in [3.8, 4) is 5.75 Å². The van der Waals surface area contributed by atoms with E-state index >= 15 is 0 Å². The molecule has 1 aliphatic rings. The van der Waals surface area contributed by atoms with Crippen LogP contribution in [0.25, 0.3) is 10.4 Å². The lowest BCUT2D eigenvalue weighted by Crippen LogP contribution is -2.44. The molecule has 1 fully saturated rings. The smallest absolute Gasteiger partial charge is 0.459 e. The predicted octanol–water partition coefficient (Wildman–Crippen LogP) is 2.99. The molecule has 0 radical (unpaired) electrons. The van der Waals surface area contributed by atoms with Crippen LogP contribution in [-0.4, -0.2) is 45.1 Å². The maximum Gasteiger partial charge on any atom is 0.459 e. The van der Waals surface area contributed by atoms with Crippen LogP contribution in [0.5, 0.6) is 5.75 Å². The molecular weight excluding hydrogens is 571 g/mol. The standard InChI is InChI=1S/C26H29N6O9P/c1-17-22(34)26(30-31-27,40-23(17)32-14-13-21(33)28-25(32)36)16-39-42(37,41-20-11-7-4-8-12-20)29-18(2)24(35)38-15-19-9-5-3-6-10-19/h3-14,17-18,22-23,34H,15-16H2,1-2H3,(H,29,37)(H,28,33,36)/t17-,18-,22-,23+,26+,42?/m1/s1. The molecule has 1 aliphatic heterocycles. The largest absolute Gasteiger partial charge is 0.460 e. The number of esters is 1. The molecule has 222 valence electrons. The monoisotopic (exact) mass is 600 g/mol. The molecule has 15 nitrogen and oxygen atoms in total. The molecular formula is C26H29N6O9P. The molecule has 0 aliphatic carbocycles. The fraction of sp³-hybridized carbons (Fsp3) is 0.346. The van der Waals surface area contributed by atoms with Gasteiger partial charge in [-0.05, 0) is 30.2 Å². The van der Waals surface area contributed by atoms with Crippen LogP contribution in [0.1, 0.15) is 25.6 Å².